The summed E-state index contributed by atoms with van der Waals surface area (Å²) < 4.78 is 7.19. The zero-order valence-corrected chi connectivity index (χ0v) is 11.4. The number of nitrogens with zero attached hydrogens (tertiary/aromatic N) is 1. The summed E-state index contributed by atoms with van der Waals surface area (Å²) in [6, 6.07) is 8.69. The molecule has 0 fully saturated rings. The van der Waals surface area contributed by atoms with Crippen LogP contribution in [-0.2, 0) is 11.2 Å². The maximum Gasteiger partial charge on any atom is 0.193 e. The molecule has 2 heteroatoms. The Hall–Kier alpha value is -0.860. The van der Waals surface area contributed by atoms with Crippen molar-refractivity contribution >= 4 is 0 Å². The Kier molecular flexibility index (Phi) is 3.55. The summed E-state index contributed by atoms with van der Waals surface area (Å²) in [5.41, 5.74) is 2.87. The highest BCUT2D eigenvalue weighted by molar-refractivity contribution is 5.33. The van der Waals surface area contributed by atoms with Crippen LogP contribution in [0.1, 0.15) is 37.0 Å². The van der Waals surface area contributed by atoms with Crippen LogP contribution in [0, 0.1) is 0 Å². The van der Waals surface area contributed by atoms with Gasteiger partial charge in [-0.1, -0.05) is 31.2 Å². The first-order valence-electron chi connectivity index (χ1n) is 6.56. The molecule has 0 spiro atoms. The minimum Gasteiger partial charge on any atom is -0.321 e. The molecule has 2 unspecified atom stereocenters. The first kappa shape index (κ1) is 12.6. The zero-order chi connectivity index (χ0) is 12.5. The van der Waals surface area contributed by atoms with Crippen LogP contribution in [0.2, 0.25) is 0 Å². The molecule has 0 bridgehead atoms. The number of hydrogen-bond acceptors (Lipinski definition) is 1. The van der Waals surface area contributed by atoms with Gasteiger partial charge < -0.3 is 9.22 Å². The highest BCUT2D eigenvalue weighted by atomic mass is 16.5. The second-order valence-corrected chi connectivity index (χ2v) is 5.84. The van der Waals surface area contributed by atoms with Crippen molar-refractivity contribution in [1.82, 2.24) is 0 Å². The summed E-state index contributed by atoms with van der Waals surface area (Å²) in [6.07, 6.45) is 3.94. The predicted octanol–water partition coefficient (Wildman–Crippen LogP) is 3.13. The average molecular weight is 234 g/mol. The second-order valence-electron chi connectivity index (χ2n) is 5.84. The van der Waals surface area contributed by atoms with E-state index in [1.54, 1.807) is 0 Å². The Morgan fingerprint density at radius 1 is 1.29 bits per heavy atom. The fourth-order valence-corrected chi connectivity index (χ4v) is 2.68. The summed E-state index contributed by atoms with van der Waals surface area (Å²) in [7, 11) is 6.61. The van der Waals surface area contributed by atoms with Gasteiger partial charge in [-0.2, -0.15) is 0 Å². The van der Waals surface area contributed by atoms with Crippen LogP contribution >= 0.6 is 0 Å². The topological polar surface area (TPSA) is 9.23 Å². The van der Waals surface area contributed by atoms with E-state index in [0.29, 0.717) is 6.10 Å². The molecule has 17 heavy (non-hydrogen) atoms. The third kappa shape index (κ3) is 2.70. The van der Waals surface area contributed by atoms with E-state index in [0.717, 1.165) is 23.7 Å². The fourth-order valence-electron chi connectivity index (χ4n) is 2.68. The highest BCUT2D eigenvalue weighted by Crippen LogP contribution is 2.35. The van der Waals surface area contributed by atoms with Crippen molar-refractivity contribution < 1.29 is 9.22 Å². The molecule has 0 aliphatic heterocycles. The SMILES string of the molecule is CCC(OC1CCc2ccccc21)[N+](C)(C)C. The molecule has 2 atom stereocenters. The van der Waals surface area contributed by atoms with Gasteiger partial charge in [-0.15, -0.1) is 0 Å². The van der Waals surface area contributed by atoms with Gasteiger partial charge in [-0.3, -0.25) is 0 Å². The fraction of sp³-hybridized carbons (Fsp3) is 0.600. The van der Waals surface area contributed by atoms with Gasteiger partial charge in [0.1, 0.15) is 0 Å². The molecule has 1 aliphatic carbocycles. The molecule has 1 aromatic rings. The van der Waals surface area contributed by atoms with Crippen LogP contribution in [0.4, 0.5) is 0 Å². The van der Waals surface area contributed by atoms with Crippen molar-refractivity contribution in [2.24, 2.45) is 0 Å². The summed E-state index contributed by atoms with van der Waals surface area (Å²) >= 11 is 0. The van der Waals surface area contributed by atoms with Crippen molar-refractivity contribution in [3.8, 4) is 0 Å². The minimum atomic E-state index is 0.283. The first-order valence-corrected chi connectivity index (χ1v) is 6.56. The number of benzene rings is 1. The van der Waals surface area contributed by atoms with Crippen LogP contribution in [0.25, 0.3) is 0 Å². The molecule has 0 N–H and O–H groups in total. The smallest absolute Gasteiger partial charge is 0.193 e. The Morgan fingerprint density at radius 2 is 2.00 bits per heavy atom. The minimum absolute atomic E-state index is 0.283. The number of rotatable bonds is 4. The number of fused-ring (bicyclic) bond motifs is 1. The van der Waals surface area contributed by atoms with Crippen LogP contribution < -0.4 is 0 Å². The Bertz CT molecular complexity index is 381. The number of hydrogen-bond donors (Lipinski definition) is 0. The molecule has 0 aromatic heterocycles. The lowest BCUT2D eigenvalue weighted by Crippen LogP contribution is -2.46. The molecule has 0 saturated carbocycles. The van der Waals surface area contributed by atoms with Crippen LogP contribution in [0.5, 0.6) is 0 Å². The van der Waals surface area contributed by atoms with Gasteiger partial charge in [-0.05, 0) is 24.0 Å². The molecule has 0 saturated heterocycles. The lowest BCUT2D eigenvalue weighted by Gasteiger charge is -2.35. The number of quaternary nitrogens is 1. The standard InChI is InChI=1S/C15H24NO/c1-5-15(16(2,3)4)17-14-11-10-12-8-6-7-9-13(12)14/h6-9,14-15H,5,10-11H2,1-4H3/q+1. The van der Waals surface area contributed by atoms with Crippen LogP contribution in [0.15, 0.2) is 24.3 Å². The van der Waals surface area contributed by atoms with Crippen molar-refractivity contribution in [3.05, 3.63) is 35.4 Å². The average Bonchev–Trinajstić information content (AvgIpc) is 2.67. The normalized spacial score (nSPS) is 21.3. The van der Waals surface area contributed by atoms with Crippen LogP contribution in [-0.4, -0.2) is 31.9 Å². The predicted molar refractivity (Wildman–Crippen MR) is 70.7 cm³/mol. The summed E-state index contributed by atoms with van der Waals surface area (Å²) in [6.45, 7) is 2.20. The molecule has 0 heterocycles. The van der Waals surface area contributed by atoms with E-state index >= 15 is 0 Å². The van der Waals surface area contributed by atoms with E-state index in [9.17, 15) is 0 Å². The van der Waals surface area contributed by atoms with E-state index in [4.69, 9.17) is 4.74 Å². The Morgan fingerprint density at radius 3 is 2.65 bits per heavy atom. The molecule has 0 radical (unpaired) electrons. The molecule has 1 aliphatic rings. The van der Waals surface area contributed by atoms with E-state index < -0.39 is 0 Å². The number of ether oxygens (including phenoxy) is 1. The van der Waals surface area contributed by atoms with E-state index in [2.05, 4.69) is 52.3 Å². The molecule has 2 nitrogen and oxygen atoms in total. The van der Waals surface area contributed by atoms with Gasteiger partial charge in [0.25, 0.3) is 0 Å². The third-order valence-corrected chi connectivity index (χ3v) is 3.61. The Labute approximate surface area is 105 Å². The molecule has 94 valence electrons. The van der Waals surface area contributed by atoms with E-state index in [1.807, 2.05) is 0 Å². The van der Waals surface area contributed by atoms with Crippen molar-refractivity contribution in [2.75, 3.05) is 21.1 Å². The second kappa shape index (κ2) is 4.79. The molecular formula is C15H24NO+. The third-order valence-electron chi connectivity index (χ3n) is 3.61. The molecular weight excluding hydrogens is 210 g/mol. The summed E-state index contributed by atoms with van der Waals surface area (Å²) in [5.74, 6) is 0. The van der Waals surface area contributed by atoms with Crippen molar-refractivity contribution in [1.29, 1.82) is 0 Å². The van der Waals surface area contributed by atoms with Gasteiger partial charge in [0, 0.05) is 6.42 Å². The van der Waals surface area contributed by atoms with Crippen molar-refractivity contribution in [2.45, 2.75) is 38.5 Å². The quantitative estimate of drug-likeness (QED) is 0.574. The molecule has 1 aromatic carbocycles. The summed E-state index contributed by atoms with van der Waals surface area (Å²) in [4.78, 5) is 0. The van der Waals surface area contributed by atoms with Gasteiger partial charge in [0.15, 0.2) is 6.23 Å². The summed E-state index contributed by atoms with van der Waals surface area (Å²) in [5, 5.41) is 0. The highest BCUT2D eigenvalue weighted by Gasteiger charge is 2.30. The zero-order valence-electron chi connectivity index (χ0n) is 11.4. The van der Waals surface area contributed by atoms with Crippen molar-refractivity contribution in [3.63, 3.8) is 0 Å². The van der Waals surface area contributed by atoms with Gasteiger partial charge >= 0.3 is 0 Å². The number of aryl methyl sites for hydroxylation is 1. The lowest BCUT2D eigenvalue weighted by atomic mass is 10.1. The Balaban J connectivity index is 2.11. The first-order chi connectivity index (χ1) is 8.02. The van der Waals surface area contributed by atoms with Crippen LogP contribution in [0.3, 0.4) is 0 Å². The van der Waals surface area contributed by atoms with Gasteiger partial charge in [0.05, 0.1) is 27.2 Å². The molecule has 2 rings (SSSR count). The maximum absolute atomic E-state index is 6.32. The van der Waals surface area contributed by atoms with E-state index in [-0.39, 0.29) is 6.23 Å². The van der Waals surface area contributed by atoms with Gasteiger partial charge in [0.2, 0.25) is 0 Å². The monoisotopic (exact) mass is 234 g/mol. The molecule has 0 amide bonds. The van der Waals surface area contributed by atoms with Gasteiger partial charge in [-0.25, -0.2) is 0 Å². The largest absolute Gasteiger partial charge is 0.321 e. The lowest BCUT2D eigenvalue weighted by molar-refractivity contribution is -0.921. The maximum atomic E-state index is 6.32. The van der Waals surface area contributed by atoms with E-state index in [1.165, 1.54) is 11.1 Å².